The normalized spacial score (nSPS) is 11.2. The van der Waals surface area contributed by atoms with E-state index in [-0.39, 0.29) is 29.8 Å². The number of amides is 3. The van der Waals surface area contributed by atoms with Crippen LogP contribution in [0.4, 0.5) is 16.3 Å². The van der Waals surface area contributed by atoms with Crippen molar-refractivity contribution in [3.8, 4) is 11.8 Å². The summed E-state index contributed by atoms with van der Waals surface area (Å²) in [4.78, 5) is 27.7. The summed E-state index contributed by atoms with van der Waals surface area (Å²) in [6.07, 6.45) is 0. The number of aromatic nitrogens is 2. The molecule has 8 heteroatoms. The molecule has 0 spiro atoms. The van der Waals surface area contributed by atoms with E-state index in [4.69, 9.17) is 10.4 Å². The topological polar surface area (TPSA) is 103 Å². The molecular weight excluding hydrogens is 452 g/mol. The Morgan fingerprint density at radius 2 is 1.75 bits per heavy atom. The number of urea groups is 1. The molecule has 2 aromatic carbocycles. The molecule has 0 saturated heterocycles. The molecule has 0 aliphatic heterocycles. The van der Waals surface area contributed by atoms with Crippen molar-refractivity contribution >= 4 is 23.4 Å². The summed E-state index contributed by atoms with van der Waals surface area (Å²) in [5.74, 6) is 0.395. The molecule has 0 bridgehead atoms. The molecule has 0 unspecified atom stereocenters. The van der Waals surface area contributed by atoms with Crippen molar-refractivity contribution in [2.24, 2.45) is 5.92 Å². The molecule has 3 aromatic rings. The third-order valence-corrected chi connectivity index (χ3v) is 5.56. The number of hydrogen-bond acceptors (Lipinski definition) is 4. The molecular formula is C28H34N6O2. The maximum atomic E-state index is 13.2. The SMILES string of the molecule is Cc1ccccc1-n1nc(C(C)(C)C)cc1NC(=O)CN(CC(C)C)C(=O)Nc1ccc(C#N)cc1. The molecule has 0 aliphatic rings. The summed E-state index contributed by atoms with van der Waals surface area (Å²) in [6.45, 7) is 12.5. The lowest BCUT2D eigenvalue weighted by Gasteiger charge is -2.24. The van der Waals surface area contributed by atoms with Gasteiger partial charge >= 0.3 is 6.03 Å². The second kappa shape index (κ2) is 11.1. The fraction of sp³-hybridized carbons (Fsp3) is 0.357. The molecule has 0 atom stereocenters. The van der Waals surface area contributed by atoms with Crippen molar-refractivity contribution in [3.63, 3.8) is 0 Å². The molecule has 0 saturated carbocycles. The van der Waals surface area contributed by atoms with Gasteiger partial charge in [0.05, 0.1) is 23.0 Å². The van der Waals surface area contributed by atoms with Crippen LogP contribution in [-0.4, -0.2) is 39.7 Å². The van der Waals surface area contributed by atoms with Crippen LogP contribution in [0.5, 0.6) is 0 Å². The van der Waals surface area contributed by atoms with E-state index in [0.717, 1.165) is 16.9 Å². The highest BCUT2D eigenvalue weighted by molar-refractivity contribution is 5.96. The number of anilines is 2. The van der Waals surface area contributed by atoms with Crippen LogP contribution in [0.3, 0.4) is 0 Å². The number of aryl methyl sites for hydroxylation is 1. The molecule has 3 rings (SSSR count). The van der Waals surface area contributed by atoms with Crippen LogP contribution in [0, 0.1) is 24.2 Å². The van der Waals surface area contributed by atoms with Gasteiger partial charge in [-0.15, -0.1) is 0 Å². The van der Waals surface area contributed by atoms with E-state index in [1.54, 1.807) is 28.9 Å². The van der Waals surface area contributed by atoms with Crippen molar-refractivity contribution in [1.82, 2.24) is 14.7 Å². The largest absolute Gasteiger partial charge is 0.322 e. The first kappa shape index (κ1) is 26.5. The summed E-state index contributed by atoms with van der Waals surface area (Å²) in [6, 6.07) is 18.0. The number of hydrogen-bond donors (Lipinski definition) is 2. The molecule has 1 aromatic heterocycles. The Morgan fingerprint density at radius 3 is 2.33 bits per heavy atom. The van der Waals surface area contributed by atoms with Gasteiger partial charge < -0.3 is 15.5 Å². The molecule has 36 heavy (non-hydrogen) atoms. The van der Waals surface area contributed by atoms with Crippen LogP contribution < -0.4 is 10.6 Å². The molecule has 1 heterocycles. The van der Waals surface area contributed by atoms with E-state index in [0.29, 0.717) is 23.6 Å². The van der Waals surface area contributed by atoms with Crippen molar-refractivity contribution in [2.45, 2.75) is 47.0 Å². The summed E-state index contributed by atoms with van der Waals surface area (Å²) in [7, 11) is 0. The third kappa shape index (κ3) is 6.72. The maximum absolute atomic E-state index is 13.2. The van der Waals surface area contributed by atoms with Crippen LogP contribution in [0.15, 0.2) is 54.6 Å². The highest BCUT2D eigenvalue weighted by Crippen LogP contribution is 2.27. The fourth-order valence-electron chi connectivity index (χ4n) is 3.67. The van der Waals surface area contributed by atoms with Gasteiger partial charge in [-0.3, -0.25) is 4.79 Å². The van der Waals surface area contributed by atoms with Crippen LogP contribution in [0.2, 0.25) is 0 Å². The quantitative estimate of drug-likeness (QED) is 0.462. The average molecular weight is 487 g/mol. The predicted octanol–water partition coefficient (Wildman–Crippen LogP) is 5.48. The minimum absolute atomic E-state index is 0.121. The molecule has 188 valence electrons. The van der Waals surface area contributed by atoms with Crippen LogP contribution in [0.25, 0.3) is 5.69 Å². The number of para-hydroxylation sites is 1. The van der Waals surface area contributed by atoms with Gasteiger partial charge in [0, 0.05) is 23.7 Å². The first-order valence-electron chi connectivity index (χ1n) is 12.0. The van der Waals surface area contributed by atoms with E-state index in [1.165, 1.54) is 4.90 Å². The molecule has 8 nitrogen and oxygen atoms in total. The number of rotatable bonds is 7. The van der Waals surface area contributed by atoms with Crippen LogP contribution in [0.1, 0.15) is 51.4 Å². The van der Waals surface area contributed by atoms with Gasteiger partial charge in [0.25, 0.3) is 0 Å². The van der Waals surface area contributed by atoms with E-state index in [9.17, 15) is 9.59 Å². The molecule has 2 N–H and O–H groups in total. The second-order valence-corrected chi connectivity index (χ2v) is 10.3. The van der Waals surface area contributed by atoms with Gasteiger partial charge in [-0.25, -0.2) is 9.48 Å². The Morgan fingerprint density at radius 1 is 1.08 bits per heavy atom. The number of carbonyl (C=O) groups excluding carboxylic acids is 2. The van der Waals surface area contributed by atoms with Crippen molar-refractivity contribution in [1.29, 1.82) is 5.26 Å². The smallest absolute Gasteiger partial charge is 0.315 e. The Bertz CT molecular complexity index is 1260. The highest BCUT2D eigenvalue weighted by atomic mass is 16.2. The molecule has 0 aliphatic carbocycles. The Hall–Kier alpha value is -4.12. The van der Waals surface area contributed by atoms with Gasteiger partial charge in [0.1, 0.15) is 12.4 Å². The number of nitrogens with zero attached hydrogens (tertiary/aromatic N) is 4. The lowest BCUT2D eigenvalue weighted by Crippen LogP contribution is -2.42. The minimum Gasteiger partial charge on any atom is -0.315 e. The predicted molar refractivity (Wildman–Crippen MR) is 142 cm³/mol. The summed E-state index contributed by atoms with van der Waals surface area (Å²) in [5, 5.41) is 19.5. The van der Waals surface area contributed by atoms with E-state index < -0.39 is 0 Å². The van der Waals surface area contributed by atoms with E-state index in [2.05, 4.69) is 37.5 Å². The minimum atomic E-state index is -0.383. The Balaban J connectivity index is 1.82. The lowest BCUT2D eigenvalue weighted by molar-refractivity contribution is -0.116. The monoisotopic (exact) mass is 486 g/mol. The fourth-order valence-corrected chi connectivity index (χ4v) is 3.67. The molecule has 0 radical (unpaired) electrons. The molecule has 3 amide bonds. The summed E-state index contributed by atoms with van der Waals surface area (Å²) < 4.78 is 1.75. The van der Waals surface area contributed by atoms with E-state index >= 15 is 0 Å². The number of benzene rings is 2. The van der Waals surface area contributed by atoms with Crippen molar-refractivity contribution in [2.75, 3.05) is 23.7 Å². The second-order valence-electron chi connectivity index (χ2n) is 10.3. The number of nitrogens with one attached hydrogen (secondary N) is 2. The average Bonchev–Trinajstić information content (AvgIpc) is 3.23. The summed E-state index contributed by atoms with van der Waals surface area (Å²) >= 11 is 0. The van der Waals surface area contributed by atoms with Crippen molar-refractivity contribution < 1.29 is 9.59 Å². The zero-order valence-corrected chi connectivity index (χ0v) is 21.8. The van der Waals surface area contributed by atoms with Gasteiger partial charge in [0.15, 0.2) is 0 Å². The maximum Gasteiger partial charge on any atom is 0.322 e. The van der Waals surface area contributed by atoms with Gasteiger partial charge in [-0.05, 0) is 48.7 Å². The summed E-state index contributed by atoms with van der Waals surface area (Å²) in [5.41, 5.74) is 3.60. The first-order valence-corrected chi connectivity index (χ1v) is 12.0. The molecule has 0 fully saturated rings. The zero-order valence-electron chi connectivity index (χ0n) is 21.8. The zero-order chi connectivity index (χ0) is 26.5. The Kier molecular flexibility index (Phi) is 8.15. The standard InChI is InChI=1S/C28H34N6O2/c1-19(2)17-33(27(36)30-22-13-11-21(16-29)12-14-22)18-26(35)31-25-15-24(28(4,5)6)32-34(25)23-10-8-7-9-20(23)3/h7-15,19H,17-18H2,1-6H3,(H,30,36)(H,31,35). The van der Waals surface area contributed by atoms with Crippen molar-refractivity contribution in [3.05, 3.63) is 71.4 Å². The lowest BCUT2D eigenvalue weighted by atomic mass is 9.92. The third-order valence-electron chi connectivity index (χ3n) is 5.56. The van der Waals surface area contributed by atoms with E-state index in [1.807, 2.05) is 51.1 Å². The number of carbonyl (C=O) groups is 2. The van der Waals surface area contributed by atoms with Crippen LogP contribution >= 0.6 is 0 Å². The first-order chi connectivity index (χ1) is 17.0. The van der Waals surface area contributed by atoms with Crippen LogP contribution in [-0.2, 0) is 10.2 Å². The van der Waals surface area contributed by atoms with Gasteiger partial charge in [-0.2, -0.15) is 10.4 Å². The van der Waals surface area contributed by atoms with Gasteiger partial charge in [0.2, 0.25) is 5.91 Å². The number of nitriles is 1. The van der Waals surface area contributed by atoms with Gasteiger partial charge in [-0.1, -0.05) is 52.8 Å². The highest BCUT2D eigenvalue weighted by Gasteiger charge is 2.24. The Labute approximate surface area is 212 Å².